The van der Waals surface area contributed by atoms with E-state index in [1.807, 2.05) is 30.9 Å². The Balaban J connectivity index is 0.00000180. The molecule has 0 spiro atoms. The van der Waals surface area contributed by atoms with Crippen molar-refractivity contribution in [1.82, 2.24) is 19.7 Å². The standard InChI is InChI=1S/C13H21N5.ClH/c1-10-12-11(14-7-5-9-17(2)3)6-8-15-13(12)18(4)16-10;/h6,8H,5,7,9H2,1-4H3,(H,14,15);1H. The van der Waals surface area contributed by atoms with Gasteiger partial charge in [-0.2, -0.15) is 5.10 Å². The van der Waals surface area contributed by atoms with Crippen LogP contribution in [0.1, 0.15) is 12.1 Å². The molecule has 0 saturated carbocycles. The minimum Gasteiger partial charge on any atom is -0.384 e. The summed E-state index contributed by atoms with van der Waals surface area (Å²) in [4.78, 5) is 6.56. The Morgan fingerprint density at radius 2 is 2.11 bits per heavy atom. The van der Waals surface area contributed by atoms with Crippen LogP contribution in [0.2, 0.25) is 0 Å². The molecule has 0 aromatic carbocycles. The number of nitrogens with one attached hydrogen (secondary N) is 1. The first-order valence-corrected chi connectivity index (χ1v) is 6.26. The zero-order chi connectivity index (χ0) is 13.1. The quantitative estimate of drug-likeness (QED) is 0.854. The zero-order valence-corrected chi connectivity index (χ0v) is 12.8. The second-order valence-electron chi connectivity index (χ2n) is 4.85. The molecule has 2 rings (SSSR count). The average molecular weight is 284 g/mol. The van der Waals surface area contributed by atoms with Crippen molar-refractivity contribution >= 4 is 29.1 Å². The normalized spacial score (nSPS) is 10.8. The summed E-state index contributed by atoms with van der Waals surface area (Å²) in [5.41, 5.74) is 3.09. The minimum absolute atomic E-state index is 0. The van der Waals surface area contributed by atoms with Gasteiger partial charge in [-0.3, -0.25) is 4.68 Å². The smallest absolute Gasteiger partial charge is 0.159 e. The van der Waals surface area contributed by atoms with E-state index in [-0.39, 0.29) is 12.4 Å². The molecular formula is C13H22ClN5. The lowest BCUT2D eigenvalue weighted by Crippen LogP contribution is -2.16. The van der Waals surface area contributed by atoms with Crippen molar-refractivity contribution in [3.8, 4) is 0 Å². The fraction of sp³-hybridized carbons (Fsp3) is 0.538. The van der Waals surface area contributed by atoms with Crippen LogP contribution >= 0.6 is 12.4 Å². The summed E-state index contributed by atoms with van der Waals surface area (Å²) >= 11 is 0. The Labute approximate surface area is 120 Å². The lowest BCUT2D eigenvalue weighted by Gasteiger charge is -2.11. The molecule has 0 radical (unpaired) electrons. The SMILES string of the molecule is Cc1nn(C)c2nccc(NCCCN(C)C)c12.Cl. The summed E-state index contributed by atoms with van der Waals surface area (Å²) in [5, 5.41) is 9.02. The monoisotopic (exact) mass is 283 g/mol. The van der Waals surface area contributed by atoms with Crippen molar-refractivity contribution < 1.29 is 0 Å². The minimum atomic E-state index is 0. The van der Waals surface area contributed by atoms with Crippen LogP contribution in [0, 0.1) is 6.92 Å². The van der Waals surface area contributed by atoms with E-state index in [2.05, 4.69) is 34.4 Å². The number of pyridine rings is 1. The first kappa shape index (κ1) is 15.7. The van der Waals surface area contributed by atoms with Crippen LogP contribution in [-0.2, 0) is 7.05 Å². The van der Waals surface area contributed by atoms with Crippen molar-refractivity contribution in [2.24, 2.45) is 7.05 Å². The first-order chi connectivity index (χ1) is 8.59. The molecule has 0 amide bonds. The highest BCUT2D eigenvalue weighted by Gasteiger charge is 2.09. The van der Waals surface area contributed by atoms with E-state index in [1.165, 1.54) is 0 Å². The van der Waals surface area contributed by atoms with Gasteiger partial charge in [0, 0.05) is 25.5 Å². The highest BCUT2D eigenvalue weighted by atomic mass is 35.5. The Hall–Kier alpha value is -1.33. The Morgan fingerprint density at radius 1 is 1.37 bits per heavy atom. The third-order valence-electron chi connectivity index (χ3n) is 3.00. The molecule has 19 heavy (non-hydrogen) atoms. The van der Waals surface area contributed by atoms with Crippen molar-refractivity contribution in [3.05, 3.63) is 18.0 Å². The van der Waals surface area contributed by atoms with E-state index in [4.69, 9.17) is 0 Å². The van der Waals surface area contributed by atoms with Crippen LogP contribution in [0.25, 0.3) is 11.0 Å². The lowest BCUT2D eigenvalue weighted by molar-refractivity contribution is 0.405. The van der Waals surface area contributed by atoms with Gasteiger partial charge in [-0.1, -0.05) is 0 Å². The van der Waals surface area contributed by atoms with Gasteiger partial charge in [0.05, 0.1) is 11.1 Å². The third-order valence-corrected chi connectivity index (χ3v) is 3.00. The fourth-order valence-electron chi connectivity index (χ4n) is 2.14. The zero-order valence-electron chi connectivity index (χ0n) is 12.0. The van der Waals surface area contributed by atoms with Crippen LogP contribution in [0.3, 0.4) is 0 Å². The molecule has 0 fully saturated rings. The van der Waals surface area contributed by atoms with Crippen molar-refractivity contribution in [2.75, 3.05) is 32.5 Å². The van der Waals surface area contributed by atoms with E-state index in [0.29, 0.717) is 0 Å². The number of fused-ring (bicyclic) bond motifs is 1. The summed E-state index contributed by atoms with van der Waals surface area (Å²) in [6, 6.07) is 2.02. The third kappa shape index (κ3) is 3.58. The number of aryl methyl sites for hydroxylation is 2. The predicted molar refractivity (Wildman–Crippen MR) is 82.2 cm³/mol. The fourth-order valence-corrected chi connectivity index (χ4v) is 2.14. The van der Waals surface area contributed by atoms with Gasteiger partial charge in [-0.05, 0) is 40.1 Å². The maximum Gasteiger partial charge on any atom is 0.159 e. The maximum atomic E-state index is 4.41. The topological polar surface area (TPSA) is 46.0 Å². The molecule has 1 N–H and O–H groups in total. The number of anilines is 1. The van der Waals surface area contributed by atoms with E-state index >= 15 is 0 Å². The molecule has 0 atom stereocenters. The number of halogens is 1. The number of hydrogen-bond acceptors (Lipinski definition) is 4. The molecule has 2 aromatic rings. The lowest BCUT2D eigenvalue weighted by atomic mass is 10.2. The van der Waals surface area contributed by atoms with Crippen LogP contribution in [0.15, 0.2) is 12.3 Å². The summed E-state index contributed by atoms with van der Waals surface area (Å²) in [5.74, 6) is 0. The molecule has 2 aromatic heterocycles. The summed E-state index contributed by atoms with van der Waals surface area (Å²) < 4.78 is 1.83. The maximum absolute atomic E-state index is 4.41. The van der Waals surface area contributed by atoms with Gasteiger partial charge in [0.15, 0.2) is 5.65 Å². The number of rotatable bonds is 5. The Bertz CT molecular complexity index is 535. The van der Waals surface area contributed by atoms with Crippen LogP contribution in [-0.4, -0.2) is 46.8 Å². The molecule has 0 aliphatic rings. The molecule has 0 unspecified atom stereocenters. The molecular weight excluding hydrogens is 262 g/mol. The highest BCUT2D eigenvalue weighted by Crippen LogP contribution is 2.24. The van der Waals surface area contributed by atoms with E-state index < -0.39 is 0 Å². The molecule has 6 heteroatoms. The Morgan fingerprint density at radius 3 is 2.79 bits per heavy atom. The van der Waals surface area contributed by atoms with Crippen LogP contribution < -0.4 is 5.32 Å². The summed E-state index contributed by atoms with van der Waals surface area (Å²) in [6.45, 7) is 4.08. The highest BCUT2D eigenvalue weighted by molar-refractivity contribution is 5.91. The van der Waals surface area contributed by atoms with Gasteiger partial charge < -0.3 is 10.2 Å². The van der Waals surface area contributed by atoms with Gasteiger partial charge in [-0.15, -0.1) is 12.4 Å². The average Bonchev–Trinajstić information content (AvgIpc) is 2.61. The molecule has 106 valence electrons. The van der Waals surface area contributed by atoms with Crippen LogP contribution in [0.5, 0.6) is 0 Å². The summed E-state index contributed by atoms with van der Waals surface area (Å²) in [7, 11) is 6.12. The van der Waals surface area contributed by atoms with Crippen LogP contribution in [0.4, 0.5) is 5.69 Å². The molecule has 0 bridgehead atoms. The van der Waals surface area contributed by atoms with E-state index in [9.17, 15) is 0 Å². The molecule has 0 aliphatic heterocycles. The number of aromatic nitrogens is 3. The van der Waals surface area contributed by atoms with Gasteiger partial charge in [0.1, 0.15) is 0 Å². The number of hydrogen-bond donors (Lipinski definition) is 1. The molecule has 0 aliphatic carbocycles. The van der Waals surface area contributed by atoms with Gasteiger partial charge in [-0.25, -0.2) is 4.98 Å². The molecule has 5 nitrogen and oxygen atoms in total. The molecule has 0 saturated heterocycles. The largest absolute Gasteiger partial charge is 0.384 e. The second-order valence-corrected chi connectivity index (χ2v) is 4.85. The van der Waals surface area contributed by atoms with Gasteiger partial charge >= 0.3 is 0 Å². The van der Waals surface area contributed by atoms with Crippen molar-refractivity contribution in [2.45, 2.75) is 13.3 Å². The van der Waals surface area contributed by atoms with Crippen molar-refractivity contribution in [1.29, 1.82) is 0 Å². The Kier molecular flexibility index (Phi) is 5.57. The molecule has 2 heterocycles. The first-order valence-electron chi connectivity index (χ1n) is 6.26. The van der Waals surface area contributed by atoms with Gasteiger partial charge in [0.2, 0.25) is 0 Å². The van der Waals surface area contributed by atoms with E-state index in [0.717, 1.165) is 41.9 Å². The van der Waals surface area contributed by atoms with Crippen molar-refractivity contribution in [3.63, 3.8) is 0 Å². The predicted octanol–water partition coefficient (Wildman–Crippen LogP) is 2.06. The summed E-state index contributed by atoms with van der Waals surface area (Å²) in [6.07, 6.45) is 2.95. The second kappa shape index (κ2) is 6.73. The number of nitrogens with zero attached hydrogens (tertiary/aromatic N) is 4. The van der Waals surface area contributed by atoms with Gasteiger partial charge in [0.25, 0.3) is 0 Å². The van der Waals surface area contributed by atoms with E-state index in [1.54, 1.807) is 0 Å².